The lowest BCUT2D eigenvalue weighted by Crippen LogP contribution is -2.17. The van der Waals surface area contributed by atoms with Crippen molar-refractivity contribution in [1.82, 2.24) is 10.4 Å². The van der Waals surface area contributed by atoms with Gasteiger partial charge in [0.2, 0.25) is 0 Å². The molecule has 1 heterocycles. The summed E-state index contributed by atoms with van der Waals surface area (Å²) < 4.78 is 0. The predicted molar refractivity (Wildman–Crippen MR) is 92.3 cm³/mol. The van der Waals surface area contributed by atoms with Gasteiger partial charge < -0.3 is 5.11 Å². The SMILES string of the molecule is Cc1nc(C)c(C(=O)N/N=C/c2c(O)ccc3ccccc23)s1. The van der Waals surface area contributed by atoms with Crippen LogP contribution in [0.1, 0.15) is 25.9 Å². The lowest BCUT2D eigenvalue weighted by atomic mass is 10.0. The molecule has 3 rings (SSSR count). The van der Waals surface area contributed by atoms with Crippen molar-refractivity contribution in [2.75, 3.05) is 0 Å². The molecule has 3 aromatic rings. The molecular formula is C17H15N3O2S. The van der Waals surface area contributed by atoms with Gasteiger partial charge in [0.25, 0.3) is 5.91 Å². The Bertz CT molecular complexity index is 915. The van der Waals surface area contributed by atoms with Gasteiger partial charge in [0.05, 0.1) is 16.9 Å². The van der Waals surface area contributed by atoms with Crippen molar-refractivity contribution in [2.45, 2.75) is 13.8 Å². The van der Waals surface area contributed by atoms with Gasteiger partial charge in [-0.15, -0.1) is 11.3 Å². The molecular weight excluding hydrogens is 310 g/mol. The van der Waals surface area contributed by atoms with Gasteiger partial charge >= 0.3 is 0 Å². The van der Waals surface area contributed by atoms with Crippen LogP contribution in [0.4, 0.5) is 0 Å². The summed E-state index contributed by atoms with van der Waals surface area (Å²) in [5.41, 5.74) is 3.74. The minimum absolute atomic E-state index is 0.117. The van der Waals surface area contributed by atoms with Crippen LogP contribution in [0.2, 0.25) is 0 Å². The Morgan fingerprint density at radius 3 is 2.78 bits per heavy atom. The highest BCUT2D eigenvalue weighted by Gasteiger charge is 2.13. The molecule has 23 heavy (non-hydrogen) atoms. The van der Waals surface area contributed by atoms with E-state index < -0.39 is 0 Å². The number of thiazole rings is 1. The number of hydrogen-bond acceptors (Lipinski definition) is 5. The van der Waals surface area contributed by atoms with Crippen molar-refractivity contribution in [3.8, 4) is 5.75 Å². The normalized spacial score (nSPS) is 11.2. The molecule has 0 aliphatic rings. The molecule has 0 spiro atoms. The van der Waals surface area contributed by atoms with E-state index in [1.807, 2.05) is 37.3 Å². The maximum absolute atomic E-state index is 12.1. The van der Waals surface area contributed by atoms with Gasteiger partial charge in [-0.2, -0.15) is 5.10 Å². The summed E-state index contributed by atoms with van der Waals surface area (Å²) in [6, 6.07) is 11.1. The number of rotatable bonds is 3. The molecule has 0 unspecified atom stereocenters. The quantitative estimate of drug-likeness (QED) is 0.572. The van der Waals surface area contributed by atoms with Gasteiger partial charge in [0.1, 0.15) is 10.6 Å². The van der Waals surface area contributed by atoms with Crippen molar-refractivity contribution in [2.24, 2.45) is 5.10 Å². The molecule has 0 fully saturated rings. The molecule has 0 saturated carbocycles. The first-order chi connectivity index (χ1) is 11.1. The van der Waals surface area contributed by atoms with Crippen molar-refractivity contribution in [3.63, 3.8) is 0 Å². The number of phenols is 1. The molecule has 0 aliphatic carbocycles. The van der Waals surface area contributed by atoms with Crippen molar-refractivity contribution in [3.05, 3.63) is 57.5 Å². The van der Waals surface area contributed by atoms with E-state index in [2.05, 4.69) is 15.5 Å². The number of aromatic nitrogens is 1. The third kappa shape index (κ3) is 3.07. The number of fused-ring (bicyclic) bond motifs is 1. The first-order valence-corrected chi connectivity index (χ1v) is 7.86. The topological polar surface area (TPSA) is 74.6 Å². The van der Waals surface area contributed by atoms with E-state index in [9.17, 15) is 9.90 Å². The van der Waals surface area contributed by atoms with Gasteiger partial charge in [-0.25, -0.2) is 10.4 Å². The van der Waals surface area contributed by atoms with Crippen LogP contribution in [0, 0.1) is 13.8 Å². The van der Waals surface area contributed by atoms with Gasteiger partial charge in [-0.3, -0.25) is 4.79 Å². The zero-order chi connectivity index (χ0) is 16.4. The molecule has 0 atom stereocenters. The van der Waals surface area contributed by atoms with Crippen LogP contribution in [0.25, 0.3) is 10.8 Å². The Morgan fingerprint density at radius 1 is 1.26 bits per heavy atom. The van der Waals surface area contributed by atoms with Crippen LogP contribution >= 0.6 is 11.3 Å². The van der Waals surface area contributed by atoms with Crippen LogP contribution in [0.3, 0.4) is 0 Å². The number of nitrogens with zero attached hydrogens (tertiary/aromatic N) is 2. The first-order valence-electron chi connectivity index (χ1n) is 7.04. The Balaban J connectivity index is 1.85. The van der Waals surface area contributed by atoms with Crippen molar-refractivity contribution in [1.29, 1.82) is 0 Å². The van der Waals surface area contributed by atoms with Crippen LogP contribution < -0.4 is 5.43 Å². The van der Waals surface area contributed by atoms with Gasteiger partial charge in [0.15, 0.2) is 0 Å². The second-order valence-electron chi connectivity index (χ2n) is 5.07. The molecule has 1 aromatic heterocycles. The number of aryl methyl sites for hydroxylation is 2. The number of phenolic OH excluding ortho intramolecular Hbond substituents is 1. The molecule has 2 N–H and O–H groups in total. The monoisotopic (exact) mass is 325 g/mol. The van der Waals surface area contributed by atoms with Gasteiger partial charge in [-0.1, -0.05) is 30.3 Å². The number of aromatic hydroxyl groups is 1. The number of nitrogens with one attached hydrogen (secondary N) is 1. The fraction of sp³-hybridized carbons (Fsp3) is 0.118. The zero-order valence-electron chi connectivity index (χ0n) is 12.7. The molecule has 6 heteroatoms. The summed E-state index contributed by atoms with van der Waals surface area (Å²) in [5.74, 6) is -0.185. The molecule has 0 saturated heterocycles. The van der Waals surface area contributed by atoms with Crippen LogP contribution in [0.15, 0.2) is 41.5 Å². The standard InChI is InChI=1S/C17H15N3O2S/c1-10-16(23-11(2)19-10)17(22)20-18-9-14-13-6-4-3-5-12(13)7-8-15(14)21/h3-9,21H,1-2H3,(H,20,22)/b18-9+. The molecule has 2 aromatic carbocycles. The van der Waals surface area contributed by atoms with E-state index >= 15 is 0 Å². The molecule has 0 bridgehead atoms. The maximum Gasteiger partial charge on any atom is 0.283 e. The smallest absolute Gasteiger partial charge is 0.283 e. The molecule has 1 amide bonds. The fourth-order valence-corrected chi connectivity index (χ4v) is 3.18. The Labute approximate surface area is 137 Å². The number of carbonyl (C=O) groups excluding carboxylic acids is 1. The highest BCUT2D eigenvalue weighted by atomic mass is 32.1. The summed E-state index contributed by atoms with van der Waals surface area (Å²) in [6.45, 7) is 3.64. The Hall–Kier alpha value is -2.73. The number of amides is 1. The largest absolute Gasteiger partial charge is 0.507 e. The molecule has 0 radical (unpaired) electrons. The maximum atomic E-state index is 12.1. The van der Waals surface area contributed by atoms with Gasteiger partial charge in [-0.05, 0) is 30.7 Å². The third-order valence-electron chi connectivity index (χ3n) is 3.42. The lowest BCUT2D eigenvalue weighted by Gasteiger charge is -2.04. The number of hydrogen-bond donors (Lipinski definition) is 2. The first kappa shape index (κ1) is 15.2. The highest BCUT2D eigenvalue weighted by Crippen LogP contribution is 2.25. The van der Waals surface area contributed by atoms with E-state index in [1.165, 1.54) is 17.6 Å². The average molecular weight is 325 g/mol. The van der Waals surface area contributed by atoms with E-state index in [0.717, 1.165) is 15.8 Å². The minimum atomic E-state index is -0.302. The van der Waals surface area contributed by atoms with E-state index in [-0.39, 0.29) is 11.7 Å². The Morgan fingerprint density at radius 2 is 2.04 bits per heavy atom. The zero-order valence-corrected chi connectivity index (χ0v) is 13.5. The van der Waals surface area contributed by atoms with E-state index in [4.69, 9.17) is 0 Å². The minimum Gasteiger partial charge on any atom is -0.507 e. The van der Waals surface area contributed by atoms with Crippen LogP contribution in [0.5, 0.6) is 5.75 Å². The molecule has 5 nitrogen and oxygen atoms in total. The summed E-state index contributed by atoms with van der Waals surface area (Å²) in [7, 11) is 0. The van der Waals surface area contributed by atoms with Crippen molar-refractivity contribution < 1.29 is 9.90 Å². The molecule has 0 aliphatic heterocycles. The number of carbonyl (C=O) groups is 1. The highest BCUT2D eigenvalue weighted by molar-refractivity contribution is 7.13. The average Bonchev–Trinajstić information content (AvgIpc) is 2.88. The summed E-state index contributed by atoms with van der Waals surface area (Å²) in [4.78, 5) is 16.9. The fourth-order valence-electron chi connectivity index (χ4n) is 2.37. The van der Waals surface area contributed by atoms with Crippen LogP contribution in [-0.4, -0.2) is 22.2 Å². The summed E-state index contributed by atoms with van der Waals surface area (Å²) in [6.07, 6.45) is 1.46. The third-order valence-corrected chi connectivity index (χ3v) is 4.49. The lowest BCUT2D eigenvalue weighted by molar-refractivity contribution is 0.0958. The number of benzene rings is 2. The Kier molecular flexibility index (Phi) is 4.08. The number of hydrazone groups is 1. The van der Waals surface area contributed by atoms with E-state index in [1.54, 1.807) is 13.0 Å². The van der Waals surface area contributed by atoms with E-state index in [0.29, 0.717) is 16.1 Å². The molecule has 116 valence electrons. The van der Waals surface area contributed by atoms with Crippen LogP contribution in [-0.2, 0) is 0 Å². The van der Waals surface area contributed by atoms with Crippen molar-refractivity contribution >= 4 is 34.2 Å². The summed E-state index contributed by atoms with van der Waals surface area (Å²) >= 11 is 1.33. The van der Waals surface area contributed by atoms with Gasteiger partial charge in [0, 0.05) is 5.56 Å². The predicted octanol–water partition coefficient (Wildman–Crippen LogP) is 3.38. The second-order valence-corrected chi connectivity index (χ2v) is 6.27. The summed E-state index contributed by atoms with van der Waals surface area (Å²) in [5, 5.41) is 16.7. The second kappa shape index (κ2) is 6.18.